The van der Waals surface area contributed by atoms with Crippen molar-refractivity contribution in [3.8, 4) is 5.75 Å². The molecule has 0 spiro atoms. The number of amides is 1. The molecule has 0 radical (unpaired) electrons. The minimum Gasteiger partial charge on any atom is -0.507 e. The van der Waals surface area contributed by atoms with Gasteiger partial charge in [0.25, 0.3) is 0 Å². The van der Waals surface area contributed by atoms with Gasteiger partial charge in [0.15, 0.2) is 11.6 Å². The lowest BCUT2D eigenvalue weighted by Crippen LogP contribution is -2.39. The fraction of sp³-hybridized carbons (Fsp3) is 0.429. The average Bonchev–Trinajstić information content (AvgIpc) is 3.08. The first-order valence-corrected chi connectivity index (χ1v) is 12.4. The second-order valence-corrected chi connectivity index (χ2v) is 9.97. The molecule has 3 aliphatic rings. The summed E-state index contributed by atoms with van der Waals surface area (Å²) < 4.78 is 5.49. The monoisotopic (exact) mass is 509 g/mol. The van der Waals surface area contributed by atoms with Gasteiger partial charge in [-0.15, -0.1) is 0 Å². The van der Waals surface area contributed by atoms with Crippen molar-refractivity contribution in [2.24, 2.45) is 11.8 Å². The van der Waals surface area contributed by atoms with E-state index in [1.807, 2.05) is 6.92 Å². The second kappa shape index (κ2) is 9.72. The molecule has 0 unspecified atom stereocenters. The Balaban J connectivity index is 1.96. The summed E-state index contributed by atoms with van der Waals surface area (Å²) in [7, 11) is 0. The number of aliphatic hydroxyl groups is 2. The molecule has 9 nitrogen and oxygen atoms in total. The Morgan fingerprint density at radius 3 is 2.51 bits per heavy atom. The summed E-state index contributed by atoms with van der Waals surface area (Å²) in [5, 5.41) is 35.5. The van der Waals surface area contributed by atoms with Crippen LogP contribution in [0, 0.1) is 18.8 Å². The van der Waals surface area contributed by atoms with E-state index in [2.05, 4.69) is 5.32 Å². The number of ketones is 2. The van der Waals surface area contributed by atoms with Crippen LogP contribution in [0.2, 0.25) is 0 Å². The highest BCUT2D eigenvalue weighted by Gasteiger charge is 2.55. The Morgan fingerprint density at radius 2 is 1.86 bits per heavy atom. The van der Waals surface area contributed by atoms with E-state index < -0.39 is 47.2 Å². The number of nitrogens with one attached hydrogen (secondary N) is 1. The van der Waals surface area contributed by atoms with Crippen LogP contribution >= 0.6 is 0 Å². The summed E-state index contributed by atoms with van der Waals surface area (Å²) in [4.78, 5) is 52.5. The van der Waals surface area contributed by atoms with Gasteiger partial charge in [0.2, 0.25) is 5.91 Å². The first-order valence-electron chi connectivity index (χ1n) is 12.4. The zero-order valence-electron chi connectivity index (χ0n) is 21.2. The smallest absolute Gasteiger partial charge is 0.334 e. The van der Waals surface area contributed by atoms with Crippen molar-refractivity contribution in [2.45, 2.75) is 64.8 Å². The minimum absolute atomic E-state index is 0.00661. The van der Waals surface area contributed by atoms with Crippen molar-refractivity contribution in [3.05, 3.63) is 63.9 Å². The largest absolute Gasteiger partial charge is 0.507 e. The molecule has 4 bridgehead atoms. The van der Waals surface area contributed by atoms with E-state index in [1.54, 1.807) is 19.1 Å². The van der Waals surface area contributed by atoms with E-state index >= 15 is 0 Å². The lowest BCUT2D eigenvalue weighted by Gasteiger charge is -2.34. The van der Waals surface area contributed by atoms with Crippen LogP contribution in [0.15, 0.2) is 41.6 Å². The molecule has 1 fully saturated rings. The molecule has 2 heterocycles. The van der Waals surface area contributed by atoms with Gasteiger partial charge in [-0.25, -0.2) is 4.79 Å². The zero-order valence-corrected chi connectivity index (χ0v) is 21.2. The topological polar surface area (TPSA) is 150 Å². The Bertz CT molecular complexity index is 1290. The number of rotatable bonds is 2. The number of esters is 1. The van der Waals surface area contributed by atoms with Crippen LogP contribution in [0.5, 0.6) is 5.75 Å². The number of aliphatic hydroxyl groups excluding tert-OH is 1. The molecule has 37 heavy (non-hydrogen) atoms. The van der Waals surface area contributed by atoms with E-state index in [9.17, 15) is 34.5 Å². The fourth-order valence-electron chi connectivity index (χ4n) is 5.13. The summed E-state index contributed by atoms with van der Waals surface area (Å²) in [6.07, 6.45) is 4.68. The number of aromatic hydroxyl groups is 1. The third-order valence-corrected chi connectivity index (χ3v) is 7.40. The van der Waals surface area contributed by atoms with Gasteiger partial charge in [0, 0.05) is 29.2 Å². The van der Waals surface area contributed by atoms with Crippen molar-refractivity contribution < 1.29 is 39.2 Å². The van der Waals surface area contributed by atoms with Gasteiger partial charge in [-0.2, -0.15) is 0 Å². The molecule has 0 saturated carbocycles. The zero-order chi connectivity index (χ0) is 27.2. The lowest BCUT2D eigenvalue weighted by molar-refractivity contribution is -0.146. The molecule has 1 saturated heterocycles. The van der Waals surface area contributed by atoms with Crippen molar-refractivity contribution in [1.82, 2.24) is 5.32 Å². The standard InChI is InChI=1S/C28H31NO8/c1-5-16-6-8-19(31)24-23-17(10-13(2)25(24)33)28(36)18(26(34)29-22(28)12-20(23)32)11-14(3)27(35)37-21(9-7-16)15(4)30/h7,9-12,15-16,18,21,30,33,36H,5-6,8H2,1-4H3,(H,29,34)/t15-,16-,18-,21+,28-/m0/s1. The SMILES string of the molecule is CC[C@@H]1C=C[C@H]([C@H](C)O)OC(=O)C(C)=C[C@H]2C(=O)NC3=CC(=O)c4c(cc(C)c(O)c4C(=O)CC1)[C@@]32O. The first-order chi connectivity index (χ1) is 17.4. The Labute approximate surface area is 214 Å². The number of phenolic OH excluding ortho intramolecular Hbond substituents is 1. The van der Waals surface area contributed by atoms with Crippen LogP contribution < -0.4 is 5.32 Å². The molecule has 196 valence electrons. The highest BCUT2D eigenvalue weighted by Crippen LogP contribution is 2.49. The second-order valence-electron chi connectivity index (χ2n) is 9.97. The van der Waals surface area contributed by atoms with Gasteiger partial charge in [-0.1, -0.05) is 19.1 Å². The number of Topliss-reactive ketones (excluding diaryl/α,β-unsaturated/α-hetero) is 1. The summed E-state index contributed by atoms with van der Waals surface area (Å²) in [6, 6.07) is 1.39. The maximum absolute atomic E-state index is 13.4. The van der Waals surface area contributed by atoms with E-state index in [0.717, 1.165) is 6.08 Å². The van der Waals surface area contributed by atoms with Crippen molar-refractivity contribution in [3.63, 3.8) is 0 Å². The number of hydrogen-bond donors (Lipinski definition) is 4. The number of benzene rings is 1. The van der Waals surface area contributed by atoms with Crippen LogP contribution in [0.25, 0.3) is 0 Å². The van der Waals surface area contributed by atoms with E-state index in [4.69, 9.17) is 4.74 Å². The van der Waals surface area contributed by atoms with Crippen LogP contribution in [-0.2, 0) is 19.9 Å². The molecular formula is C28H31NO8. The van der Waals surface area contributed by atoms with Gasteiger partial charge in [0.1, 0.15) is 17.5 Å². The third kappa shape index (κ3) is 4.42. The highest BCUT2D eigenvalue weighted by molar-refractivity contribution is 6.17. The Kier molecular flexibility index (Phi) is 6.96. The molecule has 9 heteroatoms. The predicted octanol–water partition coefficient (Wildman–Crippen LogP) is 2.51. The fourth-order valence-corrected chi connectivity index (χ4v) is 5.13. The lowest BCUT2D eigenvalue weighted by atomic mass is 9.72. The highest BCUT2D eigenvalue weighted by atomic mass is 16.6. The average molecular weight is 510 g/mol. The quantitative estimate of drug-likeness (QED) is 0.351. The number of cyclic esters (lactones) is 1. The van der Waals surface area contributed by atoms with Crippen LogP contribution in [0.3, 0.4) is 0 Å². The Morgan fingerprint density at radius 1 is 1.16 bits per heavy atom. The molecule has 1 aromatic carbocycles. The van der Waals surface area contributed by atoms with E-state index in [0.29, 0.717) is 12.8 Å². The Hall–Kier alpha value is -3.56. The van der Waals surface area contributed by atoms with Gasteiger partial charge in [-0.05, 0) is 57.2 Å². The molecule has 5 atom stereocenters. The first kappa shape index (κ1) is 26.5. The van der Waals surface area contributed by atoms with E-state index in [1.165, 1.54) is 26.0 Å². The maximum atomic E-state index is 13.4. The van der Waals surface area contributed by atoms with Crippen LogP contribution in [0.1, 0.15) is 71.9 Å². The number of carbonyl (C=O) groups is 4. The maximum Gasteiger partial charge on any atom is 0.334 e. The molecular weight excluding hydrogens is 478 g/mol. The molecule has 2 aliphatic heterocycles. The molecule has 4 N–H and O–H groups in total. The minimum atomic E-state index is -2.08. The number of carbonyl (C=O) groups excluding carboxylic acids is 4. The molecule has 4 rings (SSSR count). The normalized spacial score (nSPS) is 28.9. The summed E-state index contributed by atoms with van der Waals surface area (Å²) in [5.74, 6) is -4.31. The van der Waals surface area contributed by atoms with Crippen molar-refractivity contribution >= 4 is 23.4 Å². The van der Waals surface area contributed by atoms with Crippen molar-refractivity contribution in [2.75, 3.05) is 0 Å². The predicted molar refractivity (Wildman–Crippen MR) is 133 cm³/mol. The van der Waals surface area contributed by atoms with Gasteiger partial charge >= 0.3 is 5.97 Å². The number of aryl methyl sites for hydroxylation is 1. The number of phenols is 1. The summed E-state index contributed by atoms with van der Waals surface area (Å²) in [6.45, 7) is 6.37. The number of hydrogen-bond acceptors (Lipinski definition) is 8. The van der Waals surface area contributed by atoms with Gasteiger partial charge in [-0.3, -0.25) is 14.4 Å². The number of allylic oxidation sites excluding steroid dienone is 2. The number of ether oxygens (including phenoxy) is 1. The molecule has 1 aromatic rings. The summed E-state index contributed by atoms with van der Waals surface area (Å²) in [5.41, 5.74) is -2.21. The van der Waals surface area contributed by atoms with Gasteiger partial charge < -0.3 is 25.4 Å². The molecule has 1 aliphatic carbocycles. The summed E-state index contributed by atoms with van der Waals surface area (Å²) >= 11 is 0. The third-order valence-electron chi connectivity index (χ3n) is 7.40. The van der Waals surface area contributed by atoms with Crippen LogP contribution in [0.4, 0.5) is 0 Å². The van der Waals surface area contributed by atoms with Gasteiger partial charge in [0.05, 0.1) is 23.3 Å². The molecule has 1 amide bonds. The van der Waals surface area contributed by atoms with E-state index in [-0.39, 0.29) is 51.6 Å². The molecule has 0 aromatic heterocycles. The van der Waals surface area contributed by atoms with Crippen molar-refractivity contribution in [1.29, 1.82) is 0 Å². The van der Waals surface area contributed by atoms with Crippen LogP contribution in [-0.4, -0.2) is 51.0 Å².